The summed E-state index contributed by atoms with van der Waals surface area (Å²) in [6, 6.07) is 10.2. The summed E-state index contributed by atoms with van der Waals surface area (Å²) in [7, 11) is 2.04. The highest BCUT2D eigenvalue weighted by Crippen LogP contribution is 2.10. The van der Waals surface area contributed by atoms with E-state index < -0.39 is 0 Å². The van der Waals surface area contributed by atoms with E-state index in [1.54, 1.807) is 0 Å². The number of para-hydroxylation sites is 1. The first kappa shape index (κ1) is 14.0. The van der Waals surface area contributed by atoms with Crippen molar-refractivity contribution in [2.24, 2.45) is 0 Å². The van der Waals surface area contributed by atoms with Crippen LogP contribution in [0.15, 0.2) is 36.7 Å². The van der Waals surface area contributed by atoms with E-state index in [4.69, 9.17) is 0 Å². The van der Waals surface area contributed by atoms with E-state index >= 15 is 0 Å². The van der Waals surface area contributed by atoms with Crippen LogP contribution < -0.4 is 10.2 Å². The van der Waals surface area contributed by atoms with E-state index in [0.29, 0.717) is 6.54 Å². The molecule has 0 unspecified atom stereocenters. The zero-order chi connectivity index (χ0) is 14.2. The van der Waals surface area contributed by atoms with Gasteiger partial charge in [0.05, 0.1) is 0 Å². The van der Waals surface area contributed by atoms with Gasteiger partial charge >= 0.3 is 0 Å². The fourth-order valence-electron chi connectivity index (χ4n) is 1.81. The quantitative estimate of drug-likeness (QED) is 0.736. The summed E-state index contributed by atoms with van der Waals surface area (Å²) in [5.74, 6) is -0.0836. The number of hydrogen-bond acceptors (Lipinski definition) is 5. The Morgan fingerprint density at radius 2 is 2.15 bits per heavy atom. The minimum absolute atomic E-state index is 0.0836. The van der Waals surface area contributed by atoms with Gasteiger partial charge in [0.2, 0.25) is 5.91 Å². The maximum absolute atomic E-state index is 11.6. The molecule has 2 aromatic rings. The average Bonchev–Trinajstić information content (AvgIpc) is 2.97. The number of carbonyl (C=O) groups excluding carboxylic acids is 1. The first-order valence-corrected chi connectivity index (χ1v) is 6.49. The molecule has 0 atom stereocenters. The van der Waals surface area contributed by atoms with Gasteiger partial charge < -0.3 is 10.2 Å². The zero-order valence-corrected chi connectivity index (χ0v) is 11.4. The number of nitrogens with one attached hydrogen (secondary N) is 1. The summed E-state index contributed by atoms with van der Waals surface area (Å²) in [5.41, 5.74) is 1.17. The Morgan fingerprint density at radius 3 is 2.85 bits per heavy atom. The number of hydrogen-bond donors (Lipinski definition) is 1. The van der Waals surface area contributed by atoms with Crippen molar-refractivity contribution in [2.75, 3.05) is 25.0 Å². The SMILES string of the molecule is CN(CCCNC(=O)Cn1cnnn1)c1ccccc1. The van der Waals surface area contributed by atoms with E-state index in [9.17, 15) is 4.79 Å². The summed E-state index contributed by atoms with van der Waals surface area (Å²) in [5, 5.41) is 13.4. The van der Waals surface area contributed by atoms with Crippen molar-refractivity contribution in [1.29, 1.82) is 0 Å². The number of nitrogens with zero attached hydrogens (tertiary/aromatic N) is 5. The van der Waals surface area contributed by atoms with Gasteiger partial charge in [-0.15, -0.1) is 5.10 Å². The molecule has 0 saturated heterocycles. The fourth-order valence-corrected chi connectivity index (χ4v) is 1.81. The molecule has 0 bridgehead atoms. The lowest BCUT2D eigenvalue weighted by Gasteiger charge is -2.19. The minimum atomic E-state index is -0.0836. The van der Waals surface area contributed by atoms with Gasteiger partial charge in [-0.1, -0.05) is 18.2 Å². The number of aromatic nitrogens is 4. The third-order valence-electron chi connectivity index (χ3n) is 2.89. The molecule has 0 spiro atoms. The van der Waals surface area contributed by atoms with Crippen molar-refractivity contribution in [3.63, 3.8) is 0 Å². The molecule has 106 valence electrons. The van der Waals surface area contributed by atoms with Crippen LogP contribution in [-0.4, -0.2) is 46.3 Å². The number of rotatable bonds is 7. The van der Waals surface area contributed by atoms with Gasteiger partial charge in [0, 0.05) is 25.8 Å². The maximum atomic E-state index is 11.6. The van der Waals surface area contributed by atoms with Crippen LogP contribution in [0, 0.1) is 0 Å². The van der Waals surface area contributed by atoms with Gasteiger partial charge in [0.25, 0.3) is 0 Å². The van der Waals surface area contributed by atoms with Crippen molar-refractivity contribution in [3.8, 4) is 0 Å². The number of carbonyl (C=O) groups is 1. The van der Waals surface area contributed by atoms with Crippen molar-refractivity contribution in [1.82, 2.24) is 25.5 Å². The molecule has 0 radical (unpaired) electrons. The summed E-state index contributed by atoms with van der Waals surface area (Å²) < 4.78 is 1.39. The molecule has 0 aliphatic heterocycles. The third kappa shape index (κ3) is 4.34. The highest BCUT2D eigenvalue weighted by molar-refractivity contribution is 5.75. The Bertz CT molecular complexity index is 513. The Kier molecular flexibility index (Phi) is 5.05. The fraction of sp³-hybridized carbons (Fsp3) is 0.385. The molecule has 7 nitrogen and oxygen atoms in total. The van der Waals surface area contributed by atoms with E-state index in [0.717, 1.165) is 13.0 Å². The lowest BCUT2D eigenvalue weighted by atomic mass is 10.3. The van der Waals surface area contributed by atoms with Gasteiger partial charge in [-0.25, -0.2) is 4.68 Å². The van der Waals surface area contributed by atoms with E-state index in [2.05, 4.69) is 37.9 Å². The standard InChI is InChI=1S/C13H18N6O/c1-18(12-6-3-2-4-7-12)9-5-8-14-13(20)10-19-11-15-16-17-19/h2-4,6-7,11H,5,8-10H2,1H3,(H,14,20). The second kappa shape index (κ2) is 7.22. The molecule has 0 saturated carbocycles. The summed E-state index contributed by atoms with van der Waals surface area (Å²) in [6.45, 7) is 1.68. The molecule has 1 N–H and O–H groups in total. The lowest BCUT2D eigenvalue weighted by Crippen LogP contribution is -2.30. The molecule has 2 rings (SSSR count). The molecule has 7 heteroatoms. The van der Waals surface area contributed by atoms with Crippen LogP contribution in [0.4, 0.5) is 5.69 Å². The van der Waals surface area contributed by atoms with Crippen LogP contribution in [0.5, 0.6) is 0 Å². The number of amides is 1. The van der Waals surface area contributed by atoms with Crippen LogP contribution in [0.25, 0.3) is 0 Å². The molecule has 1 amide bonds. The van der Waals surface area contributed by atoms with Crippen molar-refractivity contribution in [2.45, 2.75) is 13.0 Å². The largest absolute Gasteiger partial charge is 0.375 e. The van der Waals surface area contributed by atoms with Crippen LogP contribution in [-0.2, 0) is 11.3 Å². The number of anilines is 1. The van der Waals surface area contributed by atoms with Crippen LogP contribution in [0.3, 0.4) is 0 Å². The van der Waals surface area contributed by atoms with Crippen molar-refractivity contribution >= 4 is 11.6 Å². The topological polar surface area (TPSA) is 75.9 Å². The van der Waals surface area contributed by atoms with Gasteiger partial charge in [-0.05, 0) is 29.0 Å². The third-order valence-corrected chi connectivity index (χ3v) is 2.89. The monoisotopic (exact) mass is 274 g/mol. The van der Waals surface area contributed by atoms with Gasteiger partial charge in [0.15, 0.2) is 0 Å². The van der Waals surface area contributed by atoms with Gasteiger partial charge in [0.1, 0.15) is 12.9 Å². The zero-order valence-electron chi connectivity index (χ0n) is 11.4. The highest BCUT2D eigenvalue weighted by Gasteiger charge is 2.04. The Labute approximate surface area is 117 Å². The van der Waals surface area contributed by atoms with Gasteiger partial charge in [-0.2, -0.15) is 0 Å². The Balaban J connectivity index is 1.63. The summed E-state index contributed by atoms with van der Waals surface area (Å²) >= 11 is 0. The normalized spacial score (nSPS) is 10.2. The summed E-state index contributed by atoms with van der Waals surface area (Å²) in [6.07, 6.45) is 2.30. The van der Waals surface area contributed by atoms with Crippen LogP contribution in [0.2, 0.25) is 0 Å². The highest BCUT2D eigenvalue weighted by atomic mass is 16.2. The smallest absolute Gasteiger partial charge is 0.241 e. The molecule has 0 aliphatic carbocycles. The van der Waals surface area contributed by atoms with E-state index in [1.807, 2.05) is 25.2 Å². The predicted octanol–water partition coefficient (Wildman–Crippen LogP) is 0.316. The van der Waals surface area contributed by atoms with E-state index in [-0.39, 0.29) is 12.5 Å². The van der Waals surface area contributed by atoms with E-state index in [1.165, 1.54) is 16.7 Å². The first-order chi connectivity index (χ1) is 9.75. The molecule has 0 fully saturated rings. The predicted molar refractivity (Wildman–Crippen MR) is 75.2 cm³/mol. The minimum Gasteiger partial charge on any atom is -0.375 e. The molecule has 1 aromatic heterocycles. The molecule has 20 heavy (non-hydrogen) atoms. The number of tetrazole rings is 1. The van der Waals surface area contributed by atoms with Crippen molar-refractivity contribution < 1.29 is 4.79 Å². The van der Waals surface area contributed by atoms with Crippen LogP contribution >= 0.6 is 0 Å². The maximum Gasteiger partial charge on any atom is 0.241 e. The van der Waals surface area contributed by atoms with Crippen molar-refractivity contribution in [3.05, 3.63) is 36.7 Å². The Hall–Kier alpha value is -2.44. The van der Waals surface area contributed by atoms with Crippen LogP contribution in [0.1, 0.15) is 6.42 Å². The molecule has 1 aromatic carbocycles. The molecular formula is C13H18N6O. The second-order valence-electron chi connectivity index (χ2n) is 4.47. The number of benzene rings is 1. The second-order valence-corrected chi connectivity index (χ2v) is 4.47. The first-order valence-electron chi connectivity index (χ1n) is 6.49. The Morgan fingerprint density at radius 1 is 1.35 bits per heavy atom. The molecule has 1 heterocycles. The lowest BCUT2D eigenvalue weighted by molar-refractivity contribution is -0.121. The summed E-state index contributed by atoms with van der Waals surface area (Å²) in [4.78, 5) is 13.7. The van der Waals surface area contributed by atoms with Gasteiger partial charge in [-0.3, -0.25) is 4.79 Å². The molecular weight excluding hydrogens is 256 g/mol. The molecule has 0 aliphatic rings. The average molecular weight is 274 g/mol.